The molecule has 3 atom stereocenters. The molecule has 1 heterocycles. The van der Waals surface area contributed by atoms with Crippen LogP contribution in [-0.2, 0) is 4.79 Å². The molecular weight excluding hydrogens is 226 g/mol. The summed E-state index contributed by atoms with van der Waals surface area (Å²) in [5, 5.41) is 6.11. The Labute approximate surface area is 110 Å². The van der Waals surface area contributed by atoms with Gasteiger partial charge in [-0.2, -0.15) is 0 Å². The van der Waals surface area contributed by atoms with Crippen molar-refractivity contribution in [3.8, 4) is 0 Å². The molecule has 104 valence electrons. The van der Waals surface area contributed by atoms with Gasteiger partial charge in [-0.1, -0.05) is 19.8 Å². The minimum absolute atomic E-state index is 0.0287. The zero-order valence-electron chi connectivity index (χ0n) is 11.7. The van der Waals surface area contributed by atoms with Gasteiger partial charge in [0, 0.05) is 33.2 Å². The van der Waals surface area contributed by atoms with Crippen LogP contribution in [0.15, 0.2) is 0 Å². The number of rotatable bonds is 3. The molecule has 1 saturated carbocycles. The van der Waals surface area contributed by atoms with E-state index in [2.05, 4.69) is 22.5 Å². The first kappa shape index (κ1) is 13.8. The van der Waals surface area contributed by atoms with Crippen LogP contribution >= 0.6 is 0 Å². The van der Waals surface area contributed by atoms with E-state index in [9.17, 15) is 4.79 Å². The lowest BCUT2D eigenvalue weighted by atomic mass is 9.82. The molecular formula is C14H27N3O. The van der Waals surface area contributed by atoms with Gasteiger partial charge in [0.05, 0.1) is 0 Å². The number of nitrogens with one attached hydrogen (secondary N) is 2. The van der Waals surface area contributed by atoms with Gasteiger partial charge >= 0.3 is 0 Å². The van der Waals surface area contributed by atoms with Crippen molar-refractivity contribution in [1.82, 2.24) is 15.5 Å². The van der Waals surface area contributed by atoms with Crippen LogP contribution in [0.3, 0.4) is 0 Å². The van der Waals surface area contributed by atoms with Crippen LogP contribution in [0.1, 0.15) is 32.6 Å². The van der Waals surface area contributed by atoms with Crippen molar-refractivity contribution in [2.45, 2.75) is 38.6 Å². The van der Waals surface area contributed by atoms with E-state index in [0.717, 1.165) is 38.0 Å². The van der Waals surface area contributed by atoms with Gasteiger partial charge in [0.15, 0.2) is 0 Å². The van der Waals surface area contributed by atoms with Crippen molar-refractivity contribution < 1.29 is 4.79 Å². The summed E-state index contributed by atoms with van der Waals surface area (Å²) in [6.07, 6.45) is 5.43. The quantitative estimate of drug-likeness (QED) is 0.783. The summed E-state index contributed by atoms with van der Waals surface area (Å²) in [4.78, 5) is 14.3. The summed E-state index contributed by atoms with van der Waals surface area (Å²) in [5.74, 6) is 1.81. The molecule has 2 fully saturated rings. The molecule has 2 N–H and O–H groups in total. The van der Waals surface area contributed by atoms with Crippen molar-refractivity contribution in [2.24, 2.45) is 11.8 Å². The number of carbonyl (C=O) groups is 1. The van der Waals surface area contributed by atoms with Crippen LogP contribution in [0, 0.1) is 11.8 Å². The molecule has 0 aromatic heterocycles. The highest BCUT2D eigenvalue weighted by atomic mass is 16.2. The molecule has 2 aliphatic rings. The Morgan fingerprint density at radius 1 is 1.44 bits per heavy atom. The monoisotopic (exact) mass is 253 g/mol. The second-order valence-electron chi connectivity index (χ2n) is 5.97. The van der Waals surface area contributed by atoms with Crippen LogP contribution in [0.2, 0.25) is 0 Å². The van der Waals surface area contributed by atoms with Gasteiger partial charge in [-0.3, -0.25) is 9.69 Å². The van der Waals surface area contributed by atoms with Crippen molar-refractivity contribution in [2.75, 3.05) is 33.2 Å². The van der Waals surface area contributed by atoms with Gasteiger partial charge in [0.25, 0.3) is 0 Å². The van der Waals surface area contributed by atoms with Gasteiger partial charge in [-0.05, 0) is 24.7 Å². The van der Waals surface area contributed by atoms with E-state index in [1.165, 1.54) is 25.7 Å². The molecule has 1 amide bonds. The highest BCUT2D eigenvalue weighted by Crippen LogP contribution is 2.29. The molecule has 1 aliphatic heterocycles. The third-order valence-corrected chi connectivity index (χ3v) is 4.44. The van der Waals surface area contributed by atoms with E-state index in [-0.39, 0.29) is 11.9 Å². The third kappa shape index (κ3) is 3.45. The number of hydrogen-bond acceptors (Lipinski definition) is 3. The average molecular weight is 253 g/mol. The van der Waals surface area contributed by atoms with E-state index in [1.54, 1.807) is 7.05 Å². The van der Waals surface area contributed by atoms with Crippen molar-refractivity contribution in [3.05, 3.63) is 0 Å². The van der Waals surface area contributed by atoms with E-state index < -0.39 is 0 Å². The lowest BCUT2D eigenvalue weighted by molar-refractivity contribution is -0.126. The number of hydrogen-bond donors (Lipinski definition) is 2. The molecule has 4 nitrogen and oxygen atoms in total. The Bertz CT molecular complexity index is 282. The minimum atomic E-state index is 0.0287. The van der Waals surface area contributed by atoms with Gasteiger partial charge in [0.1, 0.15) is 6.04 Å². The first-order valence-electron chi connectivity index (χ1n) is 7.37. The van der Waals surface area contributed by atoms with Crippen molar-refractivity contribution in [3.63, 3.8) is 0 Å². The topological polar surface area (TPSA) is 44.4 Å². The average Bonchev–Trinajstić information content (AvgIpc) is 2.38. The second kappa shape index (κ2) is 6.53. The Morgan fingerprint density at radius 2 is 2.28 bits per heavy atom. The number of likely N-dealkylation sites (N-methyl/N-ethyl adjacent to an activating group) is 1. The normalized spacial score (nSPS) is 34.2. The Kier molecular flexibility index (Phi) is 5.01. The molecule has 2 rings (SSSR count). The Balaban J connectivity index is 1.90. The smallest absolute Gasteiger partial charge is 0.238 e. The van der Waals surface area contributed by atoms with Crippen molar-refractivity contribution in [1.29, 1.82) is 0 Å². The van der Waals surface area contributed by atoms with Gasteiger partial charge in [-0.15, -0.1) is 0 Å². The van der Waals surface area contributed by atoms with Gasteiger partial charge in [0.2, 0.25) is 5.91 Å². The fourth-order valence-electron chi connectivity index (χ4n) is 3.45. The first-order chi connectivity index (χ1) is 8.70. The van der Waals surface area contributed by atoms with Crippen LogP contribution in [0.5, 0.6) is 0 Å². The highest BCUT2D eigenvalue weighted by Gasteiger charge is 2.30. The maximum Gasteiger partial charge on any atom is 0.238 e. The molecule has 0 spiro atoms. The Hall–Kier alpha value is -0.610. The minimum Gasteiger partial charge on any atom is -0.358 e. The lowest BCUT2D eigenvalue weighted by Gasteiger charge is -2.38. The predicted molar refractivity (Wildman–Crippen MR) is 73.4 cm³/mol. The molecule has 3 unspecified atom stereocenters. The van der Waals surface area contributed by atoms with Crippen molar-refractivity contribution >= 4 is 5.91 Å². The third-order valence-electron chi connectivity index (χ3n) is 4.44. The predicted octanol–water partition coefficient (Wildman–Crippen LogP) is 0.833. The summed E-state index contributed by atoms with van der Waals surface area (Å²) in [5.41, 5.74) is 0. The van der Waals surface area contributed by atoms with E-state index in [0.29, 0.717) is 0 Å². The molecule has 0 radical (unpaired) electrons. The van der Waals surface area contributed by atoms with Gasteiger partial charge in [-0.25, -0.2) is 0 Å². The number of amides is 1. The lowest BCUT2D eigenvalue weighted by Crippen LogP contribution is -2.58. The number of piperazine rings is 1. The summed E-state index contributed by atoms with van der Waals surface area (Å²) >= 11 is 0. The van der Waals surface area contributed by atoms with Crippen LogP contribution in [-0.4, -0.2) is 50.1 Å². The summed E-state index contributed by atoms with van der Waals surface area (Å²) in [6.45, 7) is 6.27. The molecule has 0 aromatic rings. The first-order valence-corrected chi connectivity index (χ1v) is 7.37. The van der Waals surface area contributed by atoms with E-state index >= 15 is 0 Å². The van der Waals surface area contributed by atoms with Crippen LogP contribution in [0.4, 0.5) is 0 Å². The Morgan fingerprint density at radius 3 is 3.00 bits per heavy atom. The highest BCUT2D eigenvalue weighted by molar-refractivity contribution is 5.81. The van der Waals surface area contributed by atoms with Crippen LogP contribution < -0.4 is 10.6 Å². The zero-order chi connectivity index (χ0) is 13.0. The summed E-state index contributed by atoms with van der Waals surface area (Å²) < 4.78 is 0. The fourth-order valence-corrected chi connectivity index (χ4v) is 3.45. The van der Waals surface area contributed by atoms with E-state index in [1.807, 2.05) is 0 Å². The molecule has 18 heavy (non-hydrogen) atoms. The maximum absolute atomic E-state index is 11.9. The van der Waals surface area contributed by atoms with E-state index in [4.69, 9.17) is 0 Å². The maximum atomic E-state index is 11.9. The number of carbonyl (C=O) groups excluding carboxylic acids is 1. The summed E-state index contributed by atoms with van der Waals surface area (Å²) in [7, 11) is 1.73. The molecule has 4 heteroatoms. The van der Waals surface area contributed by atoms with Gasteiger partial charge < -0.3 is 10.6 Å². The second-order valence-corrected chi connectivity index (χ2v) is 5.97. The standard InChI is InChI=1S/C14H27N3O/c1-11-4-3-5-12(8-11)10-17-7-6-16-9-13(17)14(18)15-2/h11-13,16H,3-10H2,1-2H3,(H,15,18). The zero-order valence-corrected chi connectivity index (χ0v) is 11.7. The largest absolute Gasteiger partial charge is 0.358 e. The fraction of sp³-hybridized carbons (Fsp3) is 0.929. The molecule has 1 aliphatic carbocycles. The van der Waals surface area contributed by atoms with Crippen LogP contribution in [0.25, 0.3) is 0 Å². The molecule has 0 bridgehead atoms. The molecule has 1 saturated heterocycles. The number of nitrogens with zero attached hydrogens (tertiary/aromatic N) is 1. The summed E-state index contributed by atoms with van der Waals surface area (Å²) in [6, 6.07) is 0.0287. The SMILES string of the molecule is CNC(=O)C1CNCCN1CC1CCCC(C)C1. The molecule has 0 aromatic carbocycles.